The van der Waals surface area contributed by atoms with E-state index >= 15 is 0 Å². The third-order valence-electron chi connectivity index (χ3n) is 9.88. The van der Waals surface area contributed by atoms with Gasteiger partial charge in [-0.25, -0.2) is 0 Å². The summed E-state index contributed by atoms with van der Waals surface area (Å²) in [6.45, 7) is 11.2. The van der Waals surface area contributed by atoms with E-state index < -0.39 is 0 Å². The molecule has 0 saturated heterocycles. The number of rotatable bonds is 6. The monoisotopic (exact) mass is 586 g/mol. The molecule has 0 spiro atoms. The second kappa shape index (κ2) is 11.7. The summed E-state index contributed by atoms with van der Waals surface area (Å²) in [6, 6.07) is 29.2. The maximum Gasteiger partial charge on any atom is 0.0720 e. The summed E-state index contributed by atoms with van der Waals surface area (Å²) in [7, 11) is 0. The highest BCUT2D eigenvalue weighted by Crippen LogP contribution is 2.55. The van der Waals surface area contributed by atoms with E-state index in [1.54, 1.807) is 0 Å². The summed E-state index contributed by atoms with van der Waals surface area (Å²) in [6.07, 6.45) is 18.9. The first-order chi connectivity index (χ1) is 21.8. The molecule has 2 heteroatoms. The number of allylic oxidation sites excluding steroid dienone is 6. The number of hydrogen-bond acceptors (Lipinski definition) is 2. The molecule has 4 atom stereocenters. The third kappa shape index (κ3) is 5.48. The number of aromatic nitrogens is 1. The largest absolute Gasteiger partial charge is 0.285 e. The third-order valence-corrected chi connectivity index (χ3v) is 9.88. The van der Waals surface area contributed by atoms with Gasteiger partial charge >= 0.3 is 0 Å². The van der Waals surface area contributed by atoms with E-state index in [-0.39, 0.29) is 17.4 Å². The first kappa shape index (κ1) is 29.2. The summed E-state index contributed by atoms with van der Waals surface area (Å²) in [5.74, 6) is 0.981. The Bertz CT molecular complexity index is 1860. The van der Waals surface area contributed by atoms with Gasteiger partial charge < -0.3 is 0 Å². The zero-order chi connectivity index (χ0) is 31.1. The molecule has 0 aliphatic heterocycles. The highest BCUT2D eigenvalue weighted by atomic mass is 14.7. The van der Waals surface area contributed by atoms with E-state index in [2.05, 4.69) is 124 Å². The number of pyridine rings is 1. The zero-order valence-electron chi connectivity index (χ0n) is 27.0. The Morgan fingerprint density at radius 1 is 0.844 bits per heavy atom. The molecule has 3 aliphatic rings. The van der Waals surface area contributed by atoms with Crippen LogP contribution in [0.1, 0.15) is 104 Å². The second-order valence-electron chi connectivity index (χ2n) is 13.7. The summed E-state index contributed by atoms with van der Waals surface area (Å²) in [5.41, 5.74) is 14.9. The Morgan fingerprint density at radius 2 is 1.62 bits per heavy atom. The van der Waals surface area contributed by atoms with Gasteiger partial charge in [-0.05, 0) is 88.4 Å². The minimum Gasteiger partial charge on any atom is -0.285 e. The van der Waals surface area contributed by atoms with Crippen LogP contribution in [-0.4, -0.2) is 11.2 Å². The topological polar surface area (TPSA) is 25.2 Å². The average Bonchev–Trinajstić information content (AvgIpc) is 3.07. The fourth-order valence-electron chi connectivity index (χ4n) is 7.34. The average molecular weight is 587 g/mol. The first-order valence-electron chi connectivity index (χ1n) is 16.4. The summed E-state index contributed by atoms with van der Waals surface area (Å²) in [5, 5.41) is 0. The number of hydrogen-bond donors (Lipinski definition) is 0. The predicted molar refractivity (Wildman–Crippen MR) is 191 cm³/mol. The lowest BCUT2D eigenvalue weighted by Gasteiger charge is -2.41. The molecule has 1 aromatic heterocycles. The minimum absolute atomic E-state index is 0.122. The highest BCUT2D eigenvalue weighted by molar-refractivity contribution is 5.88. The first-order valence-corrected chi connectivity index (χ1v) is 16.4. The van der Waals surface area contributed by atoms with E-state index in [1.807, 2.05) is 43.6 Å². The molecule has 0 amide bonds. The zero-order valence-corrected chi connectivity index (χ0v) is 27.0. The lowest BCUT2D eigenvalue weighted by Crippen LogP contribution is -2.25. The SMILES string of the molecule is C/C=C\C=NC(C)c1ccc(C2C=C(c3ccc(-c4ccccn4)cc3)c3ccc4c5c3C2C=CC5CC(C(C)(C)C)=C4)cc1. The molecule has 7 rings (SSSR count). The Balaban J connectivity index is 1.34. The Hall–Kier alpha value is -4.56. The van der Waals surface area contributed by atoms with Gasteiger partial charge in [0.05, 0.1) is 11.7 Å². The van der Waals surface area contributed by atoms with Crippen LogP contribution in [0.5, 0.6) is 0 Å². The van der Waals surface area contributed by atoms with Crippen molar-refractivity contribution in [3.05, 3.63) is 160 Å². The van der Waals surface area contributed by atoms with E-state index in [4.69, 9.17) is 4.99 Å². The fraction of sp³-hybridized carbons (Fsp3) is 0.256. The van der Waals surface area contributed by atoms with Gasteiger partial charge in [-0.1, -0.05) is 123 Å². The van der Waals surface area contributed by atoms with Gasteiger partial charge in [-0.15, -0.1) is 0 Å². The highest BCUT2D eigenvalue weighted by Gasteiger charge is 2.38. The number of nitrogens with zero attached hydrogens (tertiary/aromatic N) is 2. The summed E-state index contributed by atoms with van der Waals surface area (Å²) in [4.78, 5) is 9.28. The fourth-order valence-corrected chi connectivity index (χ4v) is 7.34. The Labute approximate surface area is 268 Å². The quantitative estimate of drug-likeness (QED) is 0.163. The Morgan fingerprint density at radius 3 is 2.33 bits per heavy atom. The van der Waals surface area contributed by atoms with Gasteiger partial charge in [0.15, 0.2) is 0 Å². The minimum atomic E-state index is 0.122. The van der Waals surface area contributed by atoms with Crippen LogP contribution >= 0.6 is 0 Å². The van der Waals surface area contributed by atoms with E-state index in [0.717, 1.165) is 17.7 Å². The van der Waals surface area contributed by atoms with Crippen molar-refractivity contribution in [1.82, 2.24) is 4.98 Å². The molecule has 4 aromatic rings. The van der Waals surface area contributed by atoms with E-state index in [0.29, 0.717) is 11.8 Å². The van der Waals surface area contributed by atoms with Crippen molar-refractivity contribution in [3.63, 3.8) is 0 Å². The van der Waals surface area contributed by atoms with Crippen molar-refractivity contribution < 1.29 is 0 Å². The van der Waals surface area contributed by atoms with Gasteiger partial charge in [-0.3, -0.25) is 9.98 Å². The smallest absolute Gasteiger partial charge is 0.0720 e. The number of benzene rings is 3. The van der Waals surface area contributed by atoms with Crippen molar-refractivity contribution in [2.24, 2.45) is 10.4 Å². The molecule has 0 bridgehead atoms. The van der Waals surface area contributed by atoms with Crippen molar-refractivity contribution in [3.8, 4) is 11.3 Å². The molecular weight excluding hydrogens is 544 g/mol. The molecule has 45 heavy (non-hydrogen) atoms. The van der Waals surface area contributed by atoms with Crippen molar-refractivity contribution in [1.29, 1.82) is 0 Å². The maximum absolute atomic E-state index is 4.70. The number of aliphatic imine (C=N–C) groups is 1. The summed E-state index contributed by atoms with van der Waals surface area (Å²) < 4.78 is 0. The normalized spacial score (nSPS) is 21.0. The molecular formula is C43H42N2. The van der Waals surface area contributed by atoms with Gasteiger partial charge in [0.25, 0.3) is 0 Å². The van der Waals surface area contributed by atoms with Crippen LogP contribution in [0.2, 0.25) is 0 Å². The second-order valence-corrected chi connectivity index (χ2v) is 13.7. The molecule has 2 nitrogen and oxygen atoms in total. The molecule has 3 aliphatic carbocycles. The van der Waals surface area contributed by atoms with Crippen LogP contribution in [-0.2, 0) is 0 Å². The van der Waals surface area contributed by atoms with Crippen LogP contribution in [0.4, 0.5) is 0 Å². The van der Waals surface area contributed by atoms with Crippen LogP contribution in [0.25, 0.3) is 22.9 Å². The molecule has 4 unspecified atom stereocenters. The molecule has 0 saturated carbocycles. The molecule has 0 fully saturated rings. The van der Waals surface area contributed by atoms with Gasteiger partial charge in [0, 0.05) is 35.7 Å². The van der Waals surface area contributed by atoms with Gasteiger partial charge in [-0.2, -0.15) is 0 Å². The van der Waals surface area contributed by atoms with Gasteiger partial charge in [0.2, 0.25) is 0 Å². The lowest BCUT2D eigenvalue weighted by molar-refractivity contribution is 0.474. The Kier molecular flexibility index (Phi) is 7.61. The van der Waals surface area contributed by atoms with Crippen LogP contribution in [0, 0.1) is 5.41 Å². The standard InChI is InChI=1S/C43H42N2/c1-6-7-23-44-28(2)29-11-13-30(14-12-29)38-27-39(31-15-17-32(18-16-31)40-10-8-9-24-45-40)37-22-20-34-26-35(43(3,4)5)25-33-19-21-36(38)42(37)41(33)34/h6-24,26-28,33,36,38H,25H2,1-5H3/b7-6-,44-23?. The lowest BCUT2D eigenvalue weighted by atomic mass is 9.63. The molecule has 224 valence electrons. The van der Waals surface area contributed by atoms with Crippen molar-refractivity contribution >= 4 is 17.9 Å². The molecule has 3 aromatic carbocycles. The van der Waals surface area contributed by atoms with Crippen LogP contribution in [0.3, 0.4) is 0 Å². The van der Waals surface area contributed by atoms with Crippen molar-refractivity contribution in [2.75, 3.05) is 0 Å². The van der Waals surface area contributed by atoms with Crippen LogP contribution < -0.4 is 0 Å². The molecule has 0 radical (unpaired) electrons. The van der Waals surface area contributed by atoms with Crippen LogP contribution in [0.15, 0.2) is 126 Å². The molecule has 1 heterocycles. The summed E-state index contributed by atoms with van der Waals surface area (Å²) >= 11 is 0. The molecule has 0 N–H and O–H groups in total. The van der Waals surface area contributed by atoms with Gasteiger partial charge in [0.1, 0.15) is 0 Å². The van der Waals surface area contributed by atoms with E-state index in [1.165, 1.54) is 50.1 Å². The maximum atomic E-state index is 4.70. The predicted octanol–water partition coefficient (Wildman–Crippen LogP) is 11.3. The van der Waals surface area contributed by atoms with E-state index in [9.17, 15) is 0 Å². The van der Waals surface area contributed by atoms with Crippen molar-refractivity contribution in [2.45, 2.75) is 64.8 Å².